The highest BCUT2D eigenvalue weighted by molar-refractivity contribution is 5.67. The van der Waals surface area contributed by atoms with Crippen LogP contribution in [0.15, 0.2) is 0 Å². The van der Waals surface area contributed by atoms with Crippen LogP contribution in [-0.2, 0) is 4.74 Å². The van der Waals surface area contributed by atoms with E-state index in [1.165, 1.54) is 7.11 Å². The molecule has 1 aliphatic rings. The van der Waals surface area contributed by atoms with Crippen LogP contribution >= 0.6 is 0 Å². The first kappa shape index (κ1) is 8.33. The Bertz CT molecular complexity index is 145. The molecule has 0 saturated carbocycles. The first-order valence-electron chi connectivity index (χ1n) is 3.79. The lowest BCUT2D eigenvalue weighted by molar-refractivity contribution is 0.158. The Morgan fingerprint density at radius 3 is 2.73 bits per heavy atom. The summed E-state index contributed by atoms with van der Waals surface area (Å²) in [5.41, 5.74) is 0. The zero-order valence-electron chi connectivity index (χ0n) is 6.89. The lowest BCUT2D eigenvalue weighted by Crippen LogP contribution is -2.53. The number of methoxy groups -OCH3 is 1. The van der Waals surface area contributed by atoms with Gasteiger partial charge in [-0.3, -0.25) is 0 Å². The van der Waals surface area contributed by atoms with Crippen molar-refractivity contribution in [3.8, 4) is 0 Å². The standard InChI is InChI=1S/C7H14N2O2/c1-5(6-3-8-4-6)9-7(10)11-2/h5-6,8H,3-4H2,1-2H3,(H,9,10). The summed E-state index contributed by atoms with van der Waals surface area (Å²) < 4.78 is 4.47. The maximum atomic E-state index is 10.7. The molecule has 0 aromatic carbocycles. The summed E-state index contributed by atoms with van der Waals surface area (Å²) in [4.78, 5) is 10.7. The second-order valence-corrected chi connectivity index (χ2v) is 2.84. The van der Waals surface area contributed by atoms with E-state index in [1.807, 2.05) is 6.92 Å². The van der Waals surface area contributed by atoms with Crippen LogP contribution in [-0.4, -0.2) is 32.3 Å². The maximum absolute atomic E-state index is 10.7. The molecule has 11 heavy (non-hydrogen) atoms. The second kappa shape index (κ2) is 3.57. The fourth-order valence-corrected chi connectivity index (χ4v) is 1.03. The normalized spacial score (nSPS) is 20.2. The molecule has 1 saturated heterocycles. The third kappa shape index (κ3) is 2.08. The van der Waals surface area contributed by atoms with Crippen LogP contribution in [0.2, 0.25) is 0 Å². The van der Waals surface area contributed by atoms with Crippen molar-refractivity contribution in [2.75, 3.05) is 20.2 Å². The van der Waals surface area contributed by atoms with Crippen molar-refractivity contribution in [1.82, 2.24) is 10.6 Å². The molecule has 1 aliphatic heterocycles. The molecule has 1 atom stereocenters. The van der Waals surface area contributed by atoms with Gasteiger partial charge in [0.05, 0.1) is 7.11 Å². The molecular formula is C7H14N2O2. The highest BCUT2D eigenvalue weighted by Gasteiger charge is 2.24. The van der Waals surface area contributed by atoms with Crippen LogP contribution in [0.5, 0.6) is 0 Å². The third-order valence-corrected chi connectivity index (χ3v) is 2.05. The molecule has 0 aromatic heterocycles. The van der Waals surface area contributed by atoms with Gasteiger partial charge in [0, 0.05) is 25.0 Å². The number of ether oxygens (including phenoxy) is 1. The minimum atomic E-state index is -0.343. The smallest absolute Gasteiger partial charge is 0.407 e. The first-order valence-corrected chi connectivity index (χ1v) is 3.79. The Labute approximate surface area is 66.3 Å². The van der Waals surface area contributed by atoms with Gasteiger partial charge >= 0.3 is 6.09 Å². The summed E-state index contributed by atoms with van der Waals surface area (Å²) in [5.74, 6) is 0.564. The molecule has 4 nitrogen and oxygen atoms in total. The fraction of sp³-hybridized carbons (Fsp3) is 0.857. The van der Waals surface area contributed by atoms with Crippen molar-refractivity contribution in [1.29, 1.82) is 0 Å². The molecule has 1 heterocycles. The minimum absolute atomic E-state index is 0.212. The zero-order valence-corrected chi connectivity index (χ0v) is 6.89. The summed E-state index contributed by atoms with van der Waals surface area (Å²) in [7, 11) is 1.38. The van der Waals surface area contributed by atoms with E-state index in [0.29, 0.717) is 5.92 Å². The zero-order chi connectivity index (χ0) is 8.27. The molecule has 4 heteroatoms. The van der Waals surface area contributed by atoms with E-state index in [1.54, 1.807) is 0 Å². The average Bonchev–Trinajstić information content (AvgIpc) is 1.83. The van der Waals surface area contributed by atoms with E-state index in [-0.39, 0.29) is 12.1 Å². The number of amides is 1. The van der Waals surface area contributed by atoms with Gasteiger partial charge in [-0.25, -0.2) is 4.79 Å². The minimum Gasteiger partial charge on any atom is -0.453 e. The highest BCUT2D eigenvalue weighted by Crippen LogP contribution is 2.07. The largest absolute Gasteiger partial charge is 0.453 e. The molecule has 2 N–H and O–H groups in total. The van der Waals surface area contributed by atoms with Crippen molar-refractivity contribution in [3.05, 3.63) is 0 Å². The molecule has 64 valence electrons. The van der Waals surface area contributed by atoms with Crippen LogP contribution in [0.1, 0.15) is 6.92 Å². The number of alkyl carbamates (subject to hydrolysis) is 1. The summed E-state index contributed by atoms with van der Waals surface area (Å²) in [6, 6.07) is 0.212. The summed E-state index contributed by atoms with van der Waals surface area (Å²) in [6.07, 6.45) is -0.343. The molecule has 0 aliphatic carbocycles. The van der Waals surface area contributed by atoms with Crippen LogP contribution < -0.4 is 10.6 Å². The van der Waals surface area contributed by atoms with E-state index >= 15 is 0 Å². The topological polar surface area (TPSA) is 50.4 Å². The van der Waals surface area contributed by atoms with Crippen molar-refractivity contribution in [2.45, 2.75) is 13.0 Å². The van der Waals surface area contributed by atoms with Crippen LogP contribution in [0.3, 0.4) is 0 Å². The number of nitrogens with one attached hydrogen (secondary N) is 2. The van der Waals surface area contributed by atoms with Gasteiger partial charge in [0.25, 0.3) is 0 Å². The highest BCUT2D eigenvalue weighted by atomic mass is 16.5. The monoisotopic (exact) mass is 158 g/mol. The van der Waals surface area contributed by atoms with Gasteiger partial charge < -0.3 is 15.4 Å². The predicted octanol–water partition coefficient (Wildman–Crippen LogP) is -0.0497. The quantitative estimate of drug-likeness (QED) is 0.592. The first-order chi connectivity index (χ1) is 5.24. The molecule has 0 aromatic rings. The average molecular weight is 158 g/mol. The van der Waals surface area contributed by atoms with E-state index < -0.39 is 0 Å². The Balaban J connectivity index is 2.19. The Hall–Kier alpha value is -0.770. The summed E-state index contributed by atoms with van der Waals surface area (Å²) >= 11 is 0. The predicted molar refractivity (Wildman–Crippen MR) is 41.4 cm³/mol. The molecule has 0 spiro atoms. The molecule has 1 fully saturated rings. The van der Waals surface area contributed by atoms with Crippen LogP contribution in [0.25, 0.3) is 0 Å². The number of hydrogen-bond acceptors (Lipinski definition) is 3. The van der Waals surface area contributed by atoms with Crippen molar-refractivity contribution in [2.24, 2.45) is 5.92 Å². The number of hydrogen-bond donors (Lipinski definition) is 2. The number of carbonyl (C=O) groups excluding carboxylic acids is 1. The lowest BCUT2D eigenvalue weighted by atomic mass is 9.96. The molecule has 0 bridgehead atoms. The van der Waals surface area contributed by atoms with Gasteiger partial charge in [-0.2, -0.15) is 0 Å². The second-order valence-electron chi connectivity index (χ2n) is 2.84. The van der Waals surface area contributed by atoms with E-state index in [0.717, 1.165) is 13.1 Å². The van der Waals surface area contributed by atoms with E-state index in [2.05, 4.69) is 15.4 Å². The van der Waals surface area contributed by atoms with Crippen molar-refractivity contribution >= 4 is 6.09 Å². The summed E-state index contributed by atoms with van der Waals surface area (Å²) in [5, 5.41) is 5.87. The Morgan fingerprint density at radius 2 is 2.36 bits per heavy atom. The number of rotatable bonds is 2. The molecular weight excluding hydrogens is 144 g/mol. The van der Waals surface area contributed by atoms with E-state index in [4.69, 9.17) is 0 Å². The van der Waals surface area contributed by atoms with Crippen LogP contribution in [0.4, 0.5) is 4.79 Å². The number of carbonyl (C=O) groups is 1. The Morgan fingerprint density at radius 1 is 1.73 bits per heavy atom. The summed E-state index contributed by atoms with van der Waals surface area (Å²) in [6.45, 7) is 3.97. The van der Waals surface area contributed by atoms with Gasteiger partial charge in [-0.1, -0.05) is 0 Å². The third-order valence-electron chi connectivity index (χ3n) is 2.05. The maximum Gasteiger partial charge on any atom is 0.407 e. The van der Waals surface area contributed by atoms with Gasteiger partial charge in [0.1, 0.15) is 0 Å². The molecule has 1 amide bonds. The van der Waals surface area contributed by atoms with Gasteiger partial charge in [-0.15, -0.1) is 0 Å². The molecule has 1 unspecified atom stereocenters. The molecule has 1 rings (SSSR count). The van der Waals surface area contributed by atoms with Gasteiger partial charge in [-0.05, 0) is 6.92 Å². The van der Waals surface area contributed by atoms with E-state index in [9.17, 15) is 4.79 Å². The molecule has 0 radical (unpaired) electrons. The lowest BCUT2D eigenvalue weighted by Gasteiger charge is -2.32. The van der Waals surface area contributed by atoms with Crippen molar-refractivity contribution in [3.63, 3.8) is 0 Å². The van der Waals surface area contributed by atoms with Gasteiger partial charge in [0.15, 0.2) is 0 Å². The SMILES string of the molecule is COC(=O)NC(C)C1CNC1. The van der Waals surface area contributed by atoms with Gasteiger partial charge in [0.2, 0.25) is 0 Å². The fourth-order valence-electron chi connectivity index (χ4n) is 1.03. The van der Waals surface area contributed by atoms with Crippen LogP contribution in [0, 0.1) is 5.92 Å². The van der Waals surface area contributed by atoms with Crippen molar-refractivity contribution < 1.29 is 9.53 Å². The Kier molecular flexibility index (Phi) is 2.70.